The van der Waals surface area contributed by atoms with Crippen molar-refractivity contribution in [3.05, 3.63) is 20.5 Å². The molecule has 1 N–H and O–H groups in total. The van der Waals surface area contributed by atoms with Gasteiger partial charge in [-0.05, 0) is 35.7 Å². The van der Waals surface area contributed by atoms with Crippen LogP contribution in [-0.4, -0.2) is 22.4 Å². The van der Waals surface area contributed by atoms with Crippen LogP contribution in [-0.2, 0) is 16.1 Å². The van der Waals surface area contributed by atoms with Gasteiger partial charge in [0.1, 0.15) is 11.0 Å². The lowest BCUT2D eigenvalue weighted by Crippen LogP contribution is -2.23. The Labute approximate surface area is 114 Å². The molecule has 0 amide bonds. The molecule has 2 rings (SSSR count). The van der Waals surface area contributed by atoms with Gasteiger partial charge in [-0.3, -0.25) is 14.7 Å². The number of H-pyrrole nitrogens is 1. The topological polar surface area (TPSA) is 64.1 Å². The first-order valence-corrected chi connectivity index (χ1v) is 7.06. The molecule has 18 heavy (non-hydrogen) atoms. The van der Waals surface area contributed by atoms with Crippen LogP contribution in [0.15, 0.2) is 9.27 Å². The molecular formula is C12H17BrN2O3. The second kappa shape index (κ2) is 5.73. The number of hydrogen-bond acceptors (Lipinski definition) is 3. The summed E-state index contributed by atoms with van der Waals surface area (Å²) in [5.74, 6) is 0.00171. The Kier molecular flexibility index (Phi) is 4.27. The number of halogens is 1. The number of hydrogen-bond donors (Lipinski definition) is 1. The molecule has 0 bridgehead atoms. The highest BCUT2D eigenvalue weighted by Crippen LogP contribution is 2.35. The van der Waals surface area contributed by atoms with E-state index >= 15 is 0 Å². The second-order valence-corrected chi connectivity index (χ2v) is 5.31. The van der Waals surface area contributed by atoms with Crippen LogP contribution in [0.4, 0.5) is 0 Å². The number of nitrogens with one attached hydrogen (secondary N) is 1. The van der Waals surface area contributed by atoms with E-state index in [4.69, 9.17) is 4.74 Å². The zero-order chi connectivity index (χ0) is 13.1. The van der Waals surface area contributed by atoms with Crippen molar-refractivity contribution in [3.8, 4) is 0 Å². The molecule has 0 atom stereocenters. The lowest BCUT2D eigenvalue weighted by Gasteiger charge is -2.06. The van der Waals surface area contributed by atoms with E-state index < -0.39 is 5.97 Å². The van der Waals surface area contributed by atoms with Crippen LogP contribution in [0.1, 0.15) is 44.2 Å². The van der Waals surface area contributed by atoms with E-state index in [1.165, 1.54) is 17.5 Å². The minimum absolute atomic E-state index is 0.0575. The van der Waals surface area contributed by atoms with Crippen molar-refractivity contribution in [3.63, 3.8) is 0 Å². The van der Waals surface area contributed by atoms with Crippen molar-refractivity contribution in [1.82, 2.24) is 9.78 Å². The summed E-state index contributed by atoms with van der Waals surface area (Å²) >= 11 is 3.32. The smallest absolute Gasteiger partial charge is 0.327 e. The molecule has 0 radical (unpaired) electrons. The van der Waals surface area contributed by atoms with Gasteiger partial charge in [-0.1, -0.05) is 12.8 Å². The molecule has 0 saturated heterocycles. The third-order valence-corrected chi connectivity index (χ3v) is 4.05. The lowest BCUT2D eigenvalue weighted by molar-refractivity contribution is -0.144. The van der Waals surface area contributed by atoms with Crippen LogP contribution in [0, 0.1) is 0 Å². The largest absolute Gasteiger partial charge is 0.465 e. The minimum atomic E-state index is -0.397. The van der Waals surface area contributed by atoms with Crippen molar-refractivity contribution in [2.24, 2.45) is 0 Å². The maximum absolute atomic E-state index is 12.0. The van der Waals surface area contributed by atoms with Crippen LogP contribution in [0.5, 0.6) is 0 Å². The van der Waals surface area contributed by atoms with E-state index in [0.717, 1.165) is 18.5 Å². The number of rotatable bonds is 4. The molecule has 1 heterocycles. The zero-order valence-corrected chi connectivity index (χ0v) is 12.0. The molecule has 0 spiro atoms. The Hall–Kier alpha value is -1.04. The number of aromatic nitrogens is 2. The van der Waals surface area contributed by atoms with E-state index in [1.807, 2.05) is 0 Å². The van der Waals surface area contributed by atoms with Gasteiger partial charge in [-0.25, -0.2) is 4.68 Å². The summed E-state index contributed by atoms with van der Waals surface area (Å²) in [5, 5.41) is 3.04. The van der Waals surface area contributed by atoms with Gasteiger partial charge < -0.3 is 4.74 Å². The minimum Gasteiger partial charge on any atom is -0.465 e. The van der Waals surface area contributed by atoms with Crippen molar-refractivity contribution in [2.45, 2.75) is 45.1 Å². The molecule has 5 nitrogen and oxygen atoms in total. The molecular weight excluding hydrogens is 300 g/mol. The van der Waals surface area contributed by atoms with Crippen molar-refractivity contribution >= 4 is 21.9 Å². The second-order valence-electron chi connectivity index (χ2n) is 4.52. The molecule has 0 aliphatic heterocycles. The molecule has 1 aromatic rings. The third-order valence-electron chi connectivity index (χ3n) is 3.28. The average Bonchev–Trinajstić information content (AvgIpc) is 2.93. The summed E-state index contributed by atoms with van der Waals surface area (Å²) in [6.07, 6.45) is 4.58. The predicted molar refractivity (Wildman–Crippen MR) is 70.6 cm³/mol. The highest BCUT2D eigenvalue weighted by Gasteiger charge is 2.24. The summed E-state index contributed by atoms with van der Waals surface area (Å²) in [6.45, 7) is 2.01. The van der Waals surface area contributed by atoms with E-state index in [9.17, 15) is 9.59 Å². The molecule has 0 unspecified atom stereocenters. The van der Waals surface area contributed by atoms with Gasteiger partial charge in [0.05, 0.1) is 12.3 Å². The quantitative estimate of drug-likeness (QED) is 0.866. The maximum atomic E-state index is 12.0. The van der Waals surface area contributed by atoms with E-state index in [1.54, 1.807) is 6.92 Å². The Morgan fingerprint density at radius 2 is 2.17 bits per heavy atom. The molecule has 100 valence electrons. The Balaban J connectivity index is 2.19. The highest BCUT2D eigenvalue weighted by molar-refractivity contribution is 9.10. The summed E-state index contributed by atoms with van der Waals surface area (Å²) in [4.78, 5) is 23.4. The van der Waals surface area contributed by atoms with Crippen LogP contribution in [0.2, 0.25) is 0 Å². The molecule has 0 aromatic carbocycles. The first kappa shape index (κ1) is 13.4. The fourth-order valence-electron chi connectivity index (χ4n) is 2.41. The number of carbonyl (C=O) groups is 1. The highest BCUT2D eigenvalue weighted by atomic mass is 79.9. The van der Waals surface area contributed by atoms with Gasteiger partial charge in [0, 0.05) is 5.92 Å². The summed E-state index contributed by atoms with van der Waals surface area (Å²) in [7, 11) is 0. The third kappa shape index (κ3) is 2.68. The van der Waals surface area contributed by atoms with Crippen molar-refractivity contribution < 1.29 is 9.53 Å². The van der Waals surface area contributed by atoms with E-state index in [-0.39, 0.29) is 12.1 Å². The summed E-state index contributed by atoms with van der Waals surface area (Å²) in [6, 6.07) is 0. The standard InChI is InChI=1S/C12H17BrN2O3/c1-2-18-9(16)7-15-12(17)10(13)11(14-15)8-5-3-4-6-8/h8,14H,2-7H2,1H3. The van der Waals surface area contributed by atoms with Crippen LogP contribution in [0.25, 0.3) is 0 Å². The van der Waals surface area contributed by atoms with Crippen LogP contribution >= 0.6 is 15.9 Å². The summed E-state index contributed by atoms with van der Waals surface area (Å²) in [5.41, 5.74) is 0.728. The average molecular weight is 317 g/mol. The number of ether oxygens (including phenoxy) is 1. The molecule has 1 aromatic heterocycles. The SMILES string of the molecule is CCOC(=O)Cn1[nH]c(C2CCCC2)c(Br)c1=O. The first-order chi connectivity index (χ1) is 8.63. The summed E-state index contributed by atoms with van der Waals surface area (Å²) < 4.78 is 6.71. The Bertz CT molecular complexity index is 486. The van der Waals surface area contributed by atoms with Gasteiger partial charge in [0.25, 0.3) is 5.56 Å². The molecule has 1 aliphatic carbocycles. The predicted octanol–water partition coefficient (Wildman–Crippen LogP) is 2.16. The fraction of sp³-hybridized carbons (Fsp3) is 0.667. The number of carbonyl (C=O) groups excluding carboxylic acids is 1. The lowest BCUT2D eigenvalue weighted by atomic mass is 10.1. The van der Waals surface area contributed by atoms with Gasteiger partial charge in [0.2, 0.25) is 0 Å². The monoisotopic (exact) mass is 316 g/mol. The Morgan fingerprint density at radius 1 is 1.50 bits per heavy atom. The van der Waals surface area contributed by atoms with Gasteiger partial charge in [-0.15, -0.1) is 0 Å². The van der Waals surface area contributed by atoms with E-state index in [2.05, 4.69) is 21.0 Å². The van der Waals surface area contributed by atoms with E-state index in [0.29, 0.717) is 17.0 Å². The molecule has 1 aliphatic rings. The fourth-order valence-corrected chi connectivity index (χ4v) is 3.04. The first-order valence-electron chi connectivity index (χ1n) is 6.27. The molecule has 1 saturated carbocycles. The Morgan fingerprint density at radius 3 is 2.78 bits per heavy atom. The number of aromatic amines is 1. The van der Waals surface area contributed by atoms with Crippen molar-refractivity contribution in [1.29, 1.82) is 0 Å². The van der Waals surface area contributed by atoms with Gasteiger partial charge in [-0.2, -0.15) is 0 Å². The maximum Gasteiger partial charge on any atom is 0.327 e. The van der Waals surface area contributed by atoms with Crippen LogP contribution in [0.3, 0.4) is 0 Å². The number of nitrogens with zero attached hydrogens (tertiary/aromatic N) is 1. The molecule has 6 heteroatoms. The zero-order valence-electron chi connectivity index (χ0n) is 10.4. The van der Waals surface area contributed by atoms with Gasteiger partial charge in [0.15, 0.2) is 0 Å². The van der Waals surface area contributed by atoms with Crippen LogP contribution < -0.4 is 5.56 Å². The van der Waals surface area contributed by atoms with Crippen molar-refractivity contribution in [2.75, 3.05) is 6.61 Å². The number of esters is 1. The molecule has 1 fully saturated rings. The van der Waals surface area contributed by atoms with Gasteiger partial charge >= 0.3 is 5.97 Å². The normalized spacial score (nSPS) is 16.1.